The van der Waals surface area contributed by atoms with E-state index in [1.165, 1.54) is 0 Å². The minimum Gasteiger partial charge on any atom is -0.462 e. The molecule has 0 bridgehead atoms. The van der Waals surface area contributed by atoms with Crippen LogP contribution in [-0.4, -0.2) is 23.3 Å². The fourth-order valence-corrected chi connectivity index (χ4v) is 1.74. The first-order chi connectivity index (χ1) is 5.57. The molecule has 1 heterocycles. The van der Waals surface area contributed by atoms with Crippen LogP contribution in [0.2, 0.25) is 0 Å². The zero-order chi connectivity index (χ0) is 9.30. The van der Waals surface area contributed by atoms with E-state index in [9.17, 15) is 9.90 Å². The Morgan fingerprint density at radius 1 is 1.50 bits per heavy atom. The van der Waals surface area contributed by atoms with E-state index in [2.05, 4.69) is 0 Å². The second kappa shape index (κ2) is 3.44. The zero-order valence-corrected chi connectivity index (χ0v) is 7.78. The number of esters is 1. The van der Waals surface area contributed by atoms with Crippen molar-refractivity contribution in [1.29, 1.82) is 0 Å². The molecule has 0 amide bonds. The van der Waals surface area contributed by atoms with Gasteiger partial charge in [0.2, 0.25) is 0 Å². The topological polar surface area (TPSA) is 46.5 Å². The molecule has 0 aromatic rings. The number of hydrogen-bond donors (Lipinski definition) is 1. The van der Waals surface area contributed by atoms with Crippen molar-refractivity contribution in [2.45, 2.75) is 39.4 Å². The zero-order valence-electron chi connectivity index (χ0n) is 7.78. The Labute approximate surface area is 72.7 Å². The van der Waals surface area contributed by atoms with Gasteiger partial charge in [0, 0.05) is 5.92 Å². The second-order valence-electron chi connectivity index (χ2n) is 3.49. The number of ether oxygens (including phenoxy) is 1. The summed E-state index contributed by atoms with van der Waals surface area (Å²) in [5, 5.41) is 9.68. The summed E-state index contributed by atoms with van der Waals surface area (Å²) in [6, 6.07) is 0. The molecule has 3 nitrogen and oxygen atoms in total. The van der Waals surface area contributed by atoms with Crippen molar-refractivity contribution in [2.75, 3.05) is 0 Å². The Morgan fingerprint density at radius 3 is 2.58 bits per heavy atom. The van der Waals surface area contributed by atoms with Crippen LogP contribution in [0.1, 0.15) is 27.2 Å². The van der Waals surface area contributed by atoms with Crippen LogP contribution in [0.3, 0.4) is 0 Å². The van der Waals surface area contributed by atoms with Gasteiger partial charge in [-0.15, -0.1) is 0 Å². The molecule has 0 saturated carbocycles. The second-order valence-corrected chi connectivity index (χ2v) is 3.49. The molecule has 0 spiro atoms. The van der Waals surface area contributed by atoms with E-state index in [4.69, 9.17) is 4.74 Å². The van der Waals surface area contributed by atoms with E-state index in [0.29, 0.717) is 0 Å². The van der Waals surface area contributed by atoms with Crippen LogP contribution in [0.5, 0.6) is 0 Å². The highest BCUT2D eigenvalue weighted by molar-refractivity contribution is 5.73. The fraction of sp³-hybridized carbons (Fsp3) is 0.889. The molecule has 70 valence electrons. The highest BCUT2D eigenvalue weighted by Crippen LogP contribution is 2.28. The lowest BCUT2D eigenvalue weighted by Gasteiger charge is -2.35. The highest BCUT2D eigenvalue weighted by atomic mass is 16.5. The Morgan fingerprint density at radius 2 is 2.08 bits per heavy atom. The van der Waals surface area contributed by atoms with Gasteiger partial charge in [-0.05, 0) is 20.3 Å². The lowest BCUT2D eigenvalue weighted by molar-refractivity contribution is -0.176. The predicted octanol–water partition coefficient (Wildman–Crippen LogP) is 0.955. The molecule has 1 aliphatic rings. The summed E-state index contributed by atoms with van der Waals surface area (Å²) in [6.45, 7) is 5.54. The number of carbonyl (C=O) groups excluding carboxylic acids is 1. The minimum absolute atomic E-state index is 0.0951. The molecule has 0 aromatic carbocycles. The Kier molecular flexibility index (Phi) is 2.73. The third-order valence-corrected chi connectivity index (χ3v) is 2.70. The van der Waals surface area contributed by atoms with Gasteiger partial charge in [-0.25, -0.2) is 0 Å². The molecule has 3 heteroatoms. The van der Waals surface area contributed by atoms with E-state index >= 15 is 0 Å². The third-order valence-electron chi connectivity index (χ3n) is 2.70. The summed E-state index contributed by atoms with van der Waals surface area (Å²) < 4.78 is 5.07. The lowest BCUT2D eigenvalue weighted by atomic mass is 9.84. The van der Waals surface area contributed by atoms with E-state index in [1.54, 1.807) is 6.92 Å². The van der Waals surface area contributed by atoms with E-state index in [1.807, 2.05) is 13.8 Å². The molecule has 0 radical (unpaired) electrons. The average molecular weight is 172 g/mol. The van der Waals surface area contributed by atoms with Crippen LogP contribution in [0, 0.1) is 11.8 Å². The summed E-state index contributed by atoms with van der Waals surface area (Å²) in [5.74, 6) is -0.552. The van der Waals surface area contributed by atoms with E-state index in [-0.39, 0.29) is 23.9 Å². The molecule has 0 unspecified atom stereocenters. The van der Waals surface area contributed by atoms with Crippen molar-refractivity contribution in [3.63, 3.8) is 0 Å². The van der Waals surface area contributed by atoms with E-state index < -0.39 is 6.10 Å². The smallest absolute Gasteiger partial charge is 0.311 e. The van der Waals surface area contributed by atoms with Crippen LogP contribution in [-0.2, 0) is 9.53 Å². The van der Waals surface area contributed by atoms with Crippen molar-refractivity contribution in [3.8, 4) is 0 Å². The van der Waals surface area contributed by atoms with E-state index in [0.717, 1.165) is 6.42 Å². The molecule has 1 N–H and O–H groups in total. The summed E-state index contributed by atoms with van der Waals surface area (Å²) in [5.41, 5.74) is 0. The highest BCUT2D eigenvalue weighted by Gasteiger charge is 2.39. The Hall–Kier alpha value is -0.570. The van der Waals surface area contributed by atoms with Gasteiger partial charge in [0.1, 0.15) is 6.10 Å². The Balaban J connectivity index is 2.72. The summed E-state index contributed by atoms with van der Waals surface area (Å²) in [7, 11) is 0. The molecule has 4 atom stereocenters. The number of cyclic esters (lactones) is 1. The van der Waals surface area contributed by atoms with Crippen LogP contribution in [0.25, 0.3) is 0 Å². The average Bonchev–Trinajstić information content (AvgIpc) is 2.01. The quantitative estimate of drug-likeness (QED) is 0.599. The van der Waals surface area contributed by atoms with Gasteiger partial charge < -0.3 is 9.84 Å². The summed E-state index contributed by atoms with van der Waals surface area (Å²) in [4.78, 5) is 11.1. The Bertz CT molecular complexity index is 179. The number of aliphatic hydroxyl groups is 1. The van der Waals surface area contributed by atoms with Gasteiger partial charge in [-0.3, -0.25) is 4.79 Å². The first kappa shape index (κ1) is 9.52. The lowest BCUT2D eigenvalue weighted by Crippen LogP contribution is -2.46. The molecule has 0 aromatic heterocycles. The summed E-state index contributed by atoms with van der Waals surface area (Å²) in [6.07, 6.45) is 0.167. The molecule has 1 rings (SSSR count). The number of hydrogen-bond acceptors (Lipinski definition) is 3. The van der Waals surface area contributed by atoms with Gasteiger partial charge in [0.25, 0.3) is 0 Å². The molecule has 12 heavy (non-hydrogen) atoms. The SMILES string of the molecule is CC[C@H]1[C@@H](O)[C@H](C)C(=O)O[C@@H]1C. The molecule has 1 fully saturated rings. The largest absolute Gasteiger partial charge is 0.462 e. The van der Waals surface area contributed by atoms with Crippen LogP contribution < -0.4 is 0 Å². The number of rotatable bonds is 1. The number of aliphatic hydroxyl groups excluding tert-OH is 1. The summed E-state index contributed by atoms with van der Waals surface area (Å²) >= 11 is 0. The first-order valence-electron chi connectivity index (χ1n) is 4.46. The normalized spacial score (nSPS) is 42.5. The first-order valence-corrected chi connectivity index (χ1v) is 4.46. The van der Waals surface area contributed by atoms with Crippen LogP contribution >= 0.6 is 0 Å². The van der Waals surface area contributed by atoms with Crippen molar-refractivity contribution >= 4 is 5.97 Å². The molecular weight excluding hydrogens is 156 g/mol. The van der Waals surface area contributed by atoms with Gasteiger partial charge in [-0.1, -0.05) is 6.92 Å². The maximum absolute atomic E-state index is 11.1. The molecular formula is C9H16O3. The molecule has 1 saturated heterocycles. The van der Waals surface area contributed by atoms with Gasteiger partial charge in [0.15, 0.2) is 0 Å². The molecule has 1 aliphatic heterocycles. The monoisotopic (exact) mass is 172 g/mol. The van der Waals surface area contributed by atoms with Crippen molar-refractivity contribution in [1.82, 2.24) is 0 Å². The van der Waals surface area contributed by atoms with Crippen molar-refractivity contribution in [3.05, 3.63) is 0 Å². The van der Waals surface area contributed by atoms with Crippen molar-refractivity contribution < 1.29 is 14.6 Å². The maximum Gasteiger partial charge on any atom is 0.311 e. The minimum atomic E-state index is -0.536. The van der Waals surface area contributed by atoms with Crippen LogP contribution in [0.15, 0.2) is 0 Å². The van der Waals surface area contributed by atoms with Gasteiger partial charge >= 0.3 is 5.97 Å². The van der Waals surface area contributed by atoms with Gasteiger partial charge in [0.05, 0.1) is 12.0 Å². The predicted molar refractivity (Wildman–Crippen MR) is 44.5 cm³/mol. The third kappa shape index (κ3) is 1.46. The van der Waals surface area contributed by atoms with Crippen LogP contribution in [0.4, 0.5) is 0 Å². The number of carbonyl (C=O) groups is 1. The van der Waals surface area contributed by atoms with Crippen molar-refractivity contribution in [2.24, 2.45) is 11.8 Å². The van der Waals surface area contributed by atoms with Gasteiger partial charge in [-0.2, -0.15) is 0 Å². The standard InChI is InChI=1S/C9H16O3/c1-4-7-6(3)12-9(11)5(2)8(7)10/h5-8,10H,4H2,1-3H3/t5-,6+,7+,8-/m0/s1. The fourth-order valence-electron chi connectivity index (χ4n) is 1.74. The maximum atomic E-state index is 11.1. The molecule has 0 aliphatic carbocycles.